The van der Waals surface area contributed by atoms with Crippen LogP contribution in [0.1, 0.15) is 18.1 Å². The smallest absolute Gasteiger partial charge is 0.327 e. The molecule has 2 atom stereocenters. The van der Waals surface area contributed by atoms with Crippen LogP contribution in [0.3, 0.4) is 0 Å². The first-order valence-corrected chi connectivity index (χ1v) is 8.79. The zero-order valence-corrected chi connectivity index (χ0v) is 14.0. The van der Waals surface area contributed by atoms with E-state index in [1.807, 2.05) is 32.9 Å². The lowest BCUT2D eigenvalue weighted by Crippen LogP contribution is -2.45. The summed E-state index contributed by atoms with van der Waals surface area (Å²) >= 11 is 2.99. The Kier molecular flexibility index (Phi) is 5.22. The summed E-state index contributed by atoms with van der Waals surface area (Å²) in [6, 6.07) is 5.44. The summed E-state index contributed by atoms with van der Waals surface area (Å²) in [6.45, 7) is 5.92. The fourth-order valence-electron chi connectivity index (χ4n) is 2.29. The number of aryl methyl sites for hydroxylation is 2. The molecular weight excluding hydrogens is 306 g/mol. The summed E-state index contributed by atoms with van der Waals surface area (Å²) in [4.78, 5) is 26.2. The average Bonchev–Trinajstić information content (AvgIpc) is 2.81. The molecule has 1 aliphatic rings. The largest absolute Gasteiger partial charge is 0.480 e. The van der Waals surface area contributed by atoms with Gasteiger partial charge in [0.25, 0.3) is 0 Å². The number of nitrogens with zero attached hydrogens (tertiary/aromatic N) is 1. The summed E-state index contributed by atoms with van der Waals surface area (Å²) in [5.74, 6) is -0.280. The maximum absolute atomic E-state index is 12.4. The van der Waals surface area contributed by atoms with E-state index < -0.39 is 12.0 Å². The van der Waals surface area contributed by atoms with Crippen LogP contribution in [0, 0.1) is 13.8 Å². The topological polar surface area (TPSA) is 57.6 Å². The van der Waals surface area contributed by atoms with Gasteiger partial charge in [0.15, 0.2) is 0 Å². The number of carboxylic acid groups (broad SMARTS) is 1. The summed E-state index contributed by atoms with van der Waals surface area (Å²) in [5, 5.41) is 9.13. The highest BCUT2D eigenvalue weighted by atomic mass is 32.2. The fourth-order valence-corrected chi connectivity index (χ4v) is 4.47. The monoisotopic (exact) mass is 325 g/mol. The van der Waals surface area contributed by atoms with Gasteiger partial charge in [0.1, 0.15) is 6.04 Å². The highest BCUT2D eigenvalue weighted by molar-refractivity contribution is 8.00. The fraction of sp³-hybridized carbons (Fsp3) is 0.467. The lowest BCUT2D eigenvalue weighted by Gasteiger charge is -2.25. The van der Waals surface area contributed by atoms with Gasteiger partial charge in [-0.05, 0) is 32.4 Å². The number of hydrogen-bond acceptors (Lipinski definition) is 4. The number of rotatable bonds is 4. The minimum Gasteiger partial charge on any atom is -0.480 e. The predicted octanol–water partition coefficient (Wildman–Crippen LogP) is 2.77. The van der Waals surface area contributed by atoms with Crippen molar-refractivity contribution in [3.05, 3.63) is 29.3 Å². The summed E-state index contributed by atoms with van der Waals surface area (Å²) in [6.07, 6.45) is 0. The zero-order chi connectivity index (χ0) is 15.6. The van der Waals surface area contributed by atoms with Crippen LogP contribution in [0.5, 0.6) is 0 Å². The lowest BCUT2D eigenvalue weighted by atomic mass is 10.2. The van der Waals surface area contributed by atoms with E-state index in [2.05, 4.69) is 6.07 Å². The van der Waals surface area contributed by atoms with E-state index in [9.17, 15) is 14.7 Å². The molecular formula is C15H19NO3S2. The first-order chi connectivity index (χ1) is 9.90. The van der Waals surface area contributed by atoms with Crippen molar-refractivity contribution in [1.82, 2.24) is 4.90 Å². The second kappa shape index (κ2) is 6.75. The van der Waals surface area contributed by atoms with Gasteiger partial charge in [-0.1, -0.05) is 17.7 Å². The molecule has 1 heterocycles. The minimum absolute atomic E-state index is 0.0715. The molecule has 2 rings (SSSR count). The molecule has 1 aromatic carbocycles. The van der Waals surface area contributed by atoms with Gasteiger partial charge in [-0.25, -0.2) is 4.79 Å². The van der Waals surface area contributed by atoms with Crippen LogP contribution in [0.15, 0.2) is 23.1 Å². The van der Waals surface area contributed by atoms with E-state index in [1.54, 1.807) is 0 Å². The SMILES string of the molecule is Cc1ccc(C)c(SCC(=O)N2C(C)SCC2C(=O)O)c1. The van der Waals surface area contributed by atoms with Crippen LogP contribution in [0.4, 0.5) is 0 Å². The van der Waals surface area contributed by atoms with Gasteiger partial charge in [0.2, 0.25) is 5.91 Å². The third-order valence-electron chi connectivity index (χ3n) is 3.49. The van der Waals surface area contributed by atoms with E-state index in [4.69, 9.17) is 0 Å². The minimum atomic E-state index is -0.920. The number of thioether (sulfide) groups is 2. The lowest BCUT2D eigenvalue weighted by molar-refractivity contribution is -0.147. The Hall–Kier alpha value is -1.14. The number of hydrogen-bond donors (Lipinski definition) is 1. The molecule has 1 amide bonds. The number of carboxylic acids is 1. The maximum Gasteiger partial charge on any atom is 0.327 e. The summed E-state index contributed by atoms with van der Waals surface area (Å²) in [5.41, 5.74) is 2.29. The van der Waals surface area contributed by atoms with Crippen LogP contribution < -0.4 is 0 Å². The van der Waals surface area contributed by atoms with Crippen molar-refractivity contribution in [3.63, 3.8) is 0 Å². The third-order valence-corrected chi connectivity index (χ3v) is 5.85. The molecule has 0 radical (unpaired) electrons. The van der Waals surface area contributed by atoms with Gasteiger partial charge >= 0.3 is 5.97 Å². The van der Waals surface area contributed by atoms with Crippen LogP contribution in [-0.4, -0.2) is 44.8 Å². The molecule has 0 aliphatic carbocycles. The van der Waals surface area contributed by atoms with Crippen molar-refractivity contribution < 1.29 is 14.7 Å². The zero-order valence-electron chi connectivity index (χ0n) is 12.3. The molecule has 114 valence electrons. The van der Waals surface area contributed by atoms with Crippen LogP contribution in [0.25, 0.3) is 0 Å². The Morgan fingerprint density at radius 1 is 1.43 bits per heavy atom. The average molecular weight is 325 g/mol. The van der Waals surface area contributed by atoms with Crippen molar-refractivity contribution >= 4 is 35.4 Å². The van der Waals surface area contributed by atoms with Crippen molar-refractivity contribution in [2.24, 2.45) is 0 Å². The predicted molar refractivity (Wildman–Crippen MR) is 86.8 cm³/mol. The number of benzene rings is 1. The maximum atomic E-state index is 12.4. The summed E-state index contributed by atoms with van der Waals surface area (Å²) in [7, 11) is 0. The van der Waals surface area contributed by atoms with E-state index in [0.29, 0.717) is 5.75 Å². The molecule has 1 fully saturated rings. The number of amides is 1. The molecule has 2 unspecified atom stereocenters. The number of aliphatic carboxylic acids is 1. The highest BCUT2D eigenvalue weighted by Gasteiger charge is 2.39. The summed E-state index contributed by atoms with van der Waals surface area (Å²) < 4.78 is 0. The quantitative estimate of drug-likeness (QED) is 0.863. The van der Waals surface area contributed by atoms with Crippen LogP contribution in [0.2, 0.25) is 0 Å². The van der Waals surface area contributed by atoms with Crippen molar-refractivity contribution in [2.45, 2.75) is 37.1 Å². The molecule has 1 saturated heterocycles. The Morgan fingerprint density at radius 2 is 2.14 bits per heavy atom. The second-order valence-corrected chi connectivity index (χ2v) is 7.51. The van der Waals surface area contributed by atoms with Crippen molar-refractivity contribution in [1.29, 1.82) is 0 Å². The van der Waals surface area contributed by atoms with Crippen LogP contribution in [-0.2, 0) is 9.59 Å². The van der Waals surface area contributed by atoms with Gasteiger partial charge in [-0.15, -0.1) is 23.5 Å². The molecule has 6 heteroatoms. The number of carbonyl (C=O) groups excluding carboxylic acids is 1. The standard InChI is InChI=1S/C15H19NO3S2/c1-9-4-5-10(2)13(6-9)21-8-14(17)16-11(3)20-7-12(16)15(18)19/h4-6,11-12H,7-8H2,1-3H3,(H,18,19). The Bertz CT molecular complexity index is 562. The van der Waals surface area contributed by atoms with Gasteiger partial charge in [-0.3, -0.25) is 4.79 Å². The van der Waals surface area contributed by atoms with E-state index in [-0.39, 0.29) is 17.0 Å². The molecule has 1 aliphatic heterocycles. The highest BCUT2D eigenvalue weighted by Crippen LogP contribution is 2.31. The third kappa shape index (κ3) is 3.74. The molecule has 0 aromatic heterocycles. The Balaban J connectivity index is 2.04. The van der Waals surface area contributed by atoms with Gasteiger partial charge in [0.05, 0.1) is 11.1 Å². The van der Waals surface area contributed by atoms with Crippen molar-refractivity contribution in [3.8, 4) is 0 Å². The first-order valence-electron chi connectivity index (χ1n) is 6.75. The molecule has 1 N–H and O–H groups in total. The second-order valence-electron chi connectivity index (χ2n) is 5.15. The van der Waals surface area contributed by atoms with Gasteiger partial charge < -0.3 is 10.0 Å². The van der Waals surface area contributed by atoms with E-state index >= 15 is 0 Å². The molecule has 1 aromatic rings. The molecule has 21 heavy (non-hydrogen) atoms. The normalized spacial score (nSPS) is 21.6. The molecule has 0 spiro atoms. The Morgan fingerprint density at radius 3 is 2.81 bits per heavy atom. The molecule has 0 saturated carbocycles. The molecule has 4 nitrogen and oxygen atoms in total. The van der Waals surface area contributed by atoms with E-state index in [0.717, 1.165) is 16.0 Å². The first kappa shape index (κ1) is 16.2. The van der Waals surface area contributed by atoms with Crippen molar-refractivity contribution in [2.75, 3.05) is 11.5 Å². The van der Waals surface area contributed by atoms with E-state index in [1.165, 1.54) is 28.4 Å². The van der Waals surface area contributed by atoms with Gasteiger partial charge in [0, 0.05) is 10.6 Å². The van der Waals surface area contributed by atoms with Gasteiger partial charge in [-0.2, -0.15) is 0 Å². The van der Waals surface area contributed by atoms with Crippen LogP contribution >= 0.6 is 23.5 Å². The number of carbonyl (C=O) groups is 2. The Labute approximate surface area is 133 Å². The molecule has 0 bridgehead atoms.